The van der Waals surface area contributed by atoms with E-state index in [1.54, 1.807) is 12.1 Å². The van der Waals surface area contributed by atoms with E-state index in [1.807, 2.05) is 0 Å². The Morgan fingerprint density at radius 3 is 2.65 bits per heavy atom. The lowest BCUT2D eigenvalue weighted by molar-refractivity contribution is -0.121. The van der Waals surface area contributed by atoms with Crippen LogP contribution in [0.1, 0.15) is 26.3 Å². The molecule has 1 heterocycles. The van der Waals surface area contributed by atoms with Crippen molar-refractivity contribution < 1.29 is 14.4 Å². The first-order chi connectivity index (χ1) is 8.11. The highest BCUT2D eigenvalue weighted by Gasteiger charge is 2.39. The molecule has 0 aliphatic carbocycles. The third kappa shape index (κ3) is 1.48. The largest absolute Gasteiger partial charge is 0.326 e. The van der Waals surface area contributed by atoms with Gasteiger partial charge < -0.3 is 5.73 Å². The number of nitrogens with two attached hydrogens (primary N) is 1. The first-order valence-corrected chi connectivity index (χ1v) is 4.99. The number of hydrogen-bond acceptors (Lipinski definition) is 4. The summed E-state index contributed by atoms with van der Waals surface area (Å²) in [5.41, 5.74) is 6.49. The van der Waals surface area contributed by atoms with Crippen molar-refractivity contribution in [3.05, 3.63) is 47.5 Å². The van der Waals surface area contributed by atoms with Gasteiger partial charge in [-0.05, 0) is 17.7 Å². The molecule has 2 rings (SSSR count). The maximum absolute atomic E-state index is 12.0. The zero-order valence-corrected chi connectivity index (χ0v) is 8.97. The van der Waals surface area contributed by atoms with Gasteiger partial charge in [-0.1, -0.05) is 18.7 Å². The Balaban J connectivity index is 2.60. The number of rotatable bonds is 2. The molecule has 5 nitrogen and oxygen atoms in total. The van der Waals surface area contributed by atoms with E-state index in [1.165, 1.54) is 6.07 Å². The zero-order chi connectivity index (χ0) is 12.6. The monoisotopic (exact) mass is 230 g/mol. The van der Waals surface area contributed by atoms with Crippen molar-refractivity contribution in [1.82, 2.24) is 4.90 Å². The fourth-order valence-corrected chi connectivity index (χ4v) is 1.82. The molecule has 0 radical (unpaired) electrons. The smallest absolute Gasteiger partial charge is 0.269 e. The van der Waals surface area contributed by atoms with Crippen LogP contribution in [0.15, 0.2) is 30.9 Å². The fraction of sp³-hybridized carbons (Fsp3) is 0.0833. The summed E-state index contributed by atoms with van der Waals surface area (Å²) in [7, 11) is 0. The van der Waals surface area contributed by atoms with Crippen LogP contribution in [-0.4, -0.2) is 22.6 Å². The topological polar surface area (TPSA) is 80.5 Å². The quantitative estimate of drug-likeness (QED) is 0.591. The molecule has 2 N–H and O–H groups in total. The number of nitrogens with zero attached hydrogens (tertiary/aromatic N) is 1. The molecule has 0 saturated heterocycles. The minimum Gasteiger partial charge on any atom is -0.326 e. The van der Waals surface area contributed by atoms with E-state index in [4.69, 9.17) is 5.73 Å². The summed E-state index contributed by atoms with van der Waals surface area (Å²) in [6.45, 7) is 3.40. The second-order valence-electron chi connectivity index (χ2n) is 3.53. The molecule has 0 atom stereocenters. The van der Waals surface area contributed by atoms with E-state index in [2.05, 4.69) is 6.58 Å². The molecule has 3 amide bonds. The summed E-state index contributed by atoms with van der Waals surface area (Å²) < 4.78 is 0. The molecule has 5 heteroatoms. The van der Waals surface area contributed by atoms with Crippen molar-refractivity contribution in [3.8, 4) is 0 Å². The highest BCUT2D eigenvalue weighted by Crippen LogP contribution is 2.26. The van der Waals surface area contributed by atoms with Gasteiger partial charge >= 0.3 is 0 Å². The molecule has 17 heavy (non-hydrogen) atoms. The molecule has 0 unspecified atom stereocenters. The number of carbonyl (C=O) groups excluding carboxylic acids is 3. The molecule has 1 aromatic carbocycles. The van der Waals surface area contributed by atoms with Crippen LogP contribution in [0.3, 0.4) is 0 Å². The first-order valence-electron chi connectivity index (χ1n) is 4.99. The first kappa shape index (κ1) is 11.2. The van der Waals surface area contributed by atoms with Crippen molar-refractivity contribution in [2.24, 2.45) is 5.73 Å². The van der Waals surface area contributed by atoms with Gasteiger partial charge in [0.1, 0.15) is 0 Å². The molecule has 0 spiro atoms. The average molecular weight is 230 g/mol. The van der Waals surface area contributed by atoms with Gasteiger partial charge in [0.15, 0.2) is 0 Å². The number of fused-ring (bicyclic) bond motifs is 1. The maximum atomic E-state index is 12.0. The molecular formula is C12H10N2O3. The molecule has 0 aromatic heterocycles. The third-order valence-corrected chi connectivity index (χ3v) is 2.62. The molecule has 0 fully saturated rings. The molecule has 86 valence electrons. The summed E-state index contributed by atoms with van der Waals surface area (Å²) >= 11 is 0. The minimum atomic E-state index is -0.723. The second-order valence-corrected chi connectivity index (χ2v) is 3.53. The number of carbonyl (C=O) groups is 3. The van der Waals surface area contributed by atoms with E-state index in [0.717, 1.165) is 6.08 Å². The molecular weight excluding hydrogens is 220 g/mol. The summed E-state index contributed by atoms with van der Waals surface area (Å²) in [6.07, 6.45) is 0.934. The highest BCUT2D eigenvalue weighted by molar-refractivity contribution is 6.30. The maximum Gasteiger partial charge on any atom is 0.269 e. The Bertz CT molecular complexity index is 549. The molecule has 0 saturated carbocycles. The lowest BCUT2D eigenvalue weighted by atomic mass is 10.0. The number of hydrogen-bond donors (Lipinski definition) is 1. The van der Waals surface area contributed by atoms with Gasteiger partial charge in [0.25, 0.3) is 17.7 Å². The Kier molecular flexibility index (Phi) is 2.61. The van der Waals surface area contributed by atoms with Gasteiger partial charge in [0.2, 0.25) is 0 Å². The molecule has 0 bridgehead atoms. The fourth-order valence-electron chi connectivity index (χ4n) is 1.82. The van der Waals surface area contributed by atoms with Crippen LogP contribution in [0.5, 0.6) is 0 Å². The van der Waals surface area contributed by atoms with Gasteiger partial charge in [-0.25, -0.2) is 4.90 Å². The summed E-state index contributed by atoms with van der Waals surface area (Å²) in [5.74, 6) is -1.97. The van der Waals surface area contributed by atoms with Gasteiger partial charge in [-0.2, -0.15) is 0 Å². The van der Waals surface area contributed by atoms with E-state index in [-0.39, 0.29) is 17.7 Å². The van der Waals surface area contributed by atoms with Crippen LogP contribution in [0, 0.1) is 0 Å². The zero-order valence-electron chi connectivity index (χ0n) is 8.97. The Morgan fingerprint density at radius 1 is 1.35 bits per heavy atom. The van der Waals surface area contributed by atoms with Crippen molar-refractivity contribution in [2.75, 3.05) is 0 Å². The van der Waals surface area contributed by atoms with Crippen LogP contribution in [-0.2, 0) is 11.3 Å². The Hall–Kier alpha value is -2.27. The number of benzene rings is 1. The predicted molar refractivity (Wildman–Crippen MR) is 60.0 cm³/mol. The average Bonchev–Trinajstić information content (AvgIpc) is 2.61. The SMILES string of the molecule is C=CC(=O)N1C(=O)c2cccc(CN)c2C1=O. The van der Waals surface area contributed by atoms with E-state index in [9.17, 15) is 14.4 Å². The minimum absolute atomic E-state index is 0.137. The third-order valence-electron chi connectivity index (χ3n) is 2.62. The molecule has 1 aliphatic rings. The normalized spacial score (nSPS) is 13.8. The lowest BCUT2D eigenvalue weighted by Gasteiger charge is -2.08. The standard InChI is InChI=1S/C12H10N2O3/c1-2-9(15)14-11(16)8-5-3-4-7(6-13)10(8)12(14)17/h2-5H,1,6,13H2. The lowest BCUT2D eigenvalue weighted by Crippen LogP contribution is -2.34. The summed E-state index contributed by atoms with van der Waals surface area (Å²) in [4.78, 5) is 35.9. The molecule has 1 aliphatic heterocycles. The van der Waals surface area contributed by atoms with Gasteiger partial charge in [-0.15, -0.1) is 0 Å². The summed E-state index contributed by atoms with van der Waals surface area (Å²) in [5, 5.41) is 0. The van der Waals surface area contributed by atoms with Crippen LogP contribution < -0.4 is 5.73 Å². The van der Waals surface area contributed by atoms with Crippen molar-refractivity contribution in [3.63, 3.8) is 0 Å². The van der Waals surface area contributed by atoms with Gasteiger partial charge in [-0.3, -0.25) is 14.4 Å². The Morgan fingerprint density at radius 2 is 2.06 bits per heavy atom. The highest BCUT2D eigenvalue weighted by atomic mass is 16.2. The van der Waals surface area contributed by atoms with Crippen LogP contribution in [0.4, 0.5) is 0 Å². The predicted octanol–water partition coefficient (Wildman–Crippen LogP) is 0.454. The van der Waals surface area contributed by atoms with Crippen molar-refractivity contribution in [2.45, 2.75) is 6.54 Å². The Labute approximate surface area is 97.5 Å². The summed E-state index contributed by atoms with van der Waals surface area (Å²) in [6, 6.07) is 4.80. The number of imide groups is 3. The van der Waals surface area contributed by atoms with Crippen LogP contribution in [0.2, 0.25) is 0 Å². The van der Waals surface area contributed by atoms with Gasteiger partial charge in [0, 0.05) is 6.54 Å². The van der Waals surface area contributed by atoms with E-state index >= 15 is 0 Å². The van der Waals surface area contributed by atoms with E-state index < -0.39 is 17.7 Å². The molecule has 1 aromatic rings. The number of amides is 3. The van der Waals surface area contributed by atoms with Crippen LogP contribution >= 0.6 is 0 Å². The second kappa shape index (κ2) is 3.95. The van der Waals surface area contributed by atoms with Gasteiger partial charge in [0.05, 0.1) is 11.1 Å². The van der Waals surface area contributed by atoms with Crippen LogP contribution in [0.25, 0.3) is 0 Å². The van der Waals surface area contributed by atoms with Crippen molar-refractivity contribution in [1.29, 1.82) is 0 Å². The van der Waals surface area contributed by atoms with Crippen molar-refractivity contribution >= 4 is 17.7 Å². The van der Waals surface area contributed by atoms with E-state index in [0.29, 0.717) is 10.5 Å².